The number of halogens is 1. The number of aryl methyl sites for hydroxylation is 2. The molecule has 0 saturated carbocycles. The minimum Gasteiger partial charge on any atom is -0.354 e. The Morgan fingerprint density at radius 3 is 1.95 bits per heavy atom. The van der Waals surface area contributed by atoms with Crippen LogP contribution in [0.4, 0.5) is 10.1 Å². The number of amides is 2. The molecule has 214 valence electrons. The van der Waals surface area contributed by atoms with Gasteiger partial charge in [0.05, 0.1) is 10.6 Å². The quantitative estimate of drug-likeness (QED) is 0.325. The third-order valence-electron chi connectivity index (χ3n) is 6.55. The number of carbonyl (C=O) groups excluding carboxylic acids is 2. The zero-order valence-electron chi connectivity index (χ0n) is 23.7. The number of nitrogens with one attached hydrogen (secondary N) is 1. The van der Waals surface area contributed by atoms with Gasteiger partial charge in [0.15, 0.2) is 0 Å². The lowest BCUT2D eigenvalue weighted by molar-refractivity contribution is -0.140. The number of sulfonamides is 1. The second-order valence-electron chi connectivity index (χ2n) is 10.4. The van der Waals surface area contributed by atoms with E-state index in [4.69, 9.17) is 0 Å². The third kappa shape index (κ3) is 7.91. The summed E-state index contributed by atoms with van der Waals surface area (Å²) in [6.07, 6.45) is 0.344. The average molecular weight is 568 g/mol. The van der Waals surface area contributed by atoms with E-state index >= 15 is 0 Å². The van der Waals surface area contributed by atoms with Crippen molar-refractivity contribution in [3.05, 3.63) is 95.3 Å². The number of hydrogen-bond donors (Lipinski definition) is 1. The number of carbonyl (C=O) groups is 2. The van der Waals surface area contributed by atoms with Gasteiger partial charge in [0.25, 0.3) is 10.0 Å². The van der Waals surface area contributed by atoms with E-state index in [-0.39, 0.29) is 29.0 Å². The standard InChI is InChI=1S/C31H38FN3O4S/c1-6-29(31(37)33-19-22(2)3)34(20-25-11-7-23(4)8-12-25)30(36)21-35(27-15-9-24(5)10-16-27)40(38,39)28-17-13-26(32)14-18-28/h7-18,22,29H,6,19-21H2,1-5H3,(H,33,37). The molecule has 0 heterocycles. The van der Waals surface area contributed by atoms with Gasteiger partial charge in [-0.15, -0.1) is 0 Å². The number of hydrogen-bond acceptors (Lipinski definition) is 4. The molecule has 0 aliphatic rings. The van der Waals surface area contributed by atoms with Gasteiger partial charge in [-0.05, 0) is 68.1 Å². The third-order valence-corrected chi connectivity index (χ3v) is 8.33. The fraction of sp³-hybridized carbons (Fsp3) is 0.355. The Bertz CT molecular complexity index is 1390. The molecule has 1 atom stereocenters. The first-order chi connectivity index (χ1) is 18.9. The van der Waals surface area contributed by atoms with E-state index in [2.05, 4.69) is 5.32 Å². The molecule has 0 aromatic heterocycles. The first kappa shape index (κ1) is 30.8. The van der Waals surface area contributed by atoms with Gasteiger partial charge in [-0.3, -0.25) is 13.9 Å². The highest BCUT2D eigenvalue weighted by molar-refractivity contribution is 7.92. The lowest BCUT2D eigenvalue weighted by atomic mass is 10.1. The molecule has 3 aromatic rings. The van der Waals surface area contributed by atoms with Crippen molar-refractivity contribution in [1.82, 2.24) is 10.2 Å². The van der Waals surface area contributed by atoms with Crippen molar-refractivity contribution in [2.75, 3.05) is 17.4 Å². The molecule has 7 nitrogen and oxygen atoms in total. The Hall–Kier alpha value is -3.72. The lowest BCUT2D eigenvalue weighted by Crippen LogP contribution is -2.52. The fourth-order valence-electron chi connectivity index (χ4n) is 4.21. The van der Waals surface area contributed by atoms with Gasteiger partial charge in [0, 0.05) is 13.1 Å². The Kier molecular flexibility index (Phi) is 10.5. The Labute approximate surface area is 237 Å². The number of benzene rings is 3. The summed E-state index contributed by atoms with van der Waals surface area (Å²) >= 11 is 0. The van der Waals surface area contributed by atoms with Crippen LogP contribution < -0.4 is 9.62 Å². The van der Waals surface area contributed by atoms with Crippen molar-refractivity contribution in [3.63, 3.8) is 0 Å². The highest BCUT2D eigenvalue weighted by atomic mass is 32.2. The van der Waals surface area contributed by atoms with E-state index in [1.165, 1.54) is 17.0 Å². The average Bonchev–Trinajstić information content (AvgIpc) is 2.92. The van der Waals surface area contributed by atoms with Crippen LogP contribution in [-0.2, 0) is 26.2 Å². The smallest absolute Gasteiger partial charge is 0.264 e. The molecule has 3 rings (SSSR count). The van der Waals surface area contributed by atoms with Crippen LogP contribution in [0.3, 0.4) is 0 Å². The molecule has 0 saturated heterocycles. The van der Waals surface area contributed by atoms with E-state index in [1.54, 1.807) is 24.3 Å². The predicted octanol–water partition coefficient (Wildman–Crippen LogP) is 5.22. The van der Waals surface area contributed by atoms with Crippen LogP contribution in [-0.4, -0.2) is 44.3 Å². The van der Waals surface area contributed by atoms with Crippen molar-refractivity contribution in [1.29, 1.82) is 0 Å². The maximum absolute atomic E-state index is 14.0. The Morgan fingerprint density at radius 2 is 1.43 bits per heavy atom. The van der Waals surface area contributed by atoms with Crippen molar-refractivity contribution in [2.24, 2.45) is 5.92 Å². The fourth-order valence-corrected chi connectivity index (χ4v) is 5.62. The number of anilines is 1. The molecule has 0 radical (unpaired) electrons. The number of nitrogens with zero attached hydrogens (tertiary/aromatic N) is 2. The van der Waals surface area contributed by atoms with E-state index in [0.29, 0.717) is 13.0 Å². The molecule has 0 bridgehead atoms. The van der Waals surface area contributed by atoms with E-state index in [9.17, 15) is 22.4 Å². The summed E-state index contributed by atoms with van der Waals surface area (Å²) in [7, 11) is -4.25. The molecule has 0 aliphatic carbocycles. The molecule has 1 N–H and O–H groups in total. The van der Waals surface area contributed by atoms with E-state index in [0.717, 1.165) is 33.1 Å². The zero-order valence-corrected chi connectivity index (χ0v) is 24.5. The molecule has 0 aliphatic heterocycles. The second-order valence-corrected chi connectivity index (χ2v) is 12.2. The van der Waals surface area contributed by atoms with Gasteiger partial charge in [0.2, 0.25) is 11.8 Å². The highest BCUT2D eigenvalue weighted by Crippen LogP contribution is 2.25. The molecule has 9 heteroatoms. The van der Waals surface area contributed by atoms with Crippen molar-refractivity contribution in [3.8, 4) is 0 Å². The monoisotopic (exact) mass is 567 g/mol. The summed E-state index contributed by atoms with van der Waals surface area (Å²) in [5.41, 5.74) is 3.08. The summed E-state index contributed by atoms with van der Waals surface area (Å²) in [6, 6.07) is 18.1. The van der Waals surface area contributed by atoms with Crippen molar-refractivity contribution >= 4 is 27.5 Å². The molecule has 0 spiro atoms. The van der Waals surface area contributed by atoms with Gasteiger partial charge in [0.1, 0.15) is 18.4 Å². The molecule has 0 fully saturated rings. The molecule has 2 amide bonds. The lowest BCUT2D eigenvalue weighted by Gasteiger charge is -2.33. The maximum atomic E-state index is 14.0. The summed E-state index contributed by atoms with van der Waals surface area (Å²) in [4.78, 5) is 28.6. The molecule has 40 heavy (non-hydrogen) atoms. The normalized spacial score (nSPS) is 12.2. The SMILES string of the molecule is CCC(C(=O)NCC(C)C)N(Cc1ccc(C)cc1)C(=O)CN(c1ccc(C)cc1)S(=O)(=O)c1ccc(F)cc1. The maximum Gasteiger partial charge on any atom is 0.264 e. The van der Waals surface area contributed by atoms with Gasteiger partial charge >= 0.3 is 0 Å². The van der Waals surface area contributed by atoms with Crippen molar-refractivity contribution < 1.29 is 22.4 Å². The summed E-state index contributed by atoms with van der Waals surface area (Å²) in [5.74, 6) is -1.17. The number of rotatable bonds is 12. The summed E-state index contributed by atoms with van der Waals surface area (Å²) < 4.78 is 42.2. The van der Waals surface area contributed by atoms with Crippen LogP contribution >= 0.6 is 0 Å². The minimum atomic E-state index is -4.25. The summed E-state index contributed by atoms with van der Waals surface area (Å²) in [5, 5.41) is 2.92. The van der Waals surface area contributed by atoms with Gasteiger partial charge < -0.3 is 10.2 Å². The zero-order chi connectivity index (χ0) is 29.4. The topological polar surface area (TPSA) is 86.8 Å². The molecule has 3 aromatic carbocycles. The Morgan fingerprint density at radius 1 is 0.875 bits per heavy atom. The van der Waals surface area contributed by atoms with Crippen LogP contribution in [0.15, 0.2) is 77.7 Å². The predicted molar refractivity (Wildman–Crippen MR) is 156 cm³/mol. The van der Waals surface area contributed by atoms with Crippen molar-refractivity contribution in [2.45, 2.75) is 58.5 Å². The second kappa shape index (κ2) is 13.6. The van der Waals surface area contributed by atoms with E-state index < -0.39 is 34.3 Å². The first-order valence-electron chi connectivity index (χ1n) is 13.4. The molecular formula is C31H38FN3O4S. The van der Waals surface area contributed by atoms with Crippen LogP contribution in [0.1, 0.15) is 43.9 Å². The first-order valence-corrected chi connectivity index (χ1v) is 14.8. The highest BCUT2D eigenvalue weighted by Gasteiger charge is 2.33. The van der Waals surface area contributed by atoms with Gasteiger partial charge in [-0.25, -0.2) is 12.8 Å². The van der Waals surface area contributed by atoms with Crippen LogP contribution in [0.2, 0.25) is 0 Å². The van der Waals surface area contributed by atoms with Gasteiger partial charge in [-0.2, -0.15) is 0 Å². The van der Waals surface area contributed by atoms with Crippen LogP contribution in [0.5, 0.6) is 0 Å². The van der Waals surface area contributed by atoms with Gasteiger partial charge in [-0.1, -0.05) is 68.3 Å². The Balaban J connectivity index is 2.03. The molecule has 1 unspecified atom stereocenters. The van der Waals surface area contributed by atoms with Crippen LogP contribution in [0, 0.1) is 25.6 Å². The molecular weight excluding hydrogens is 529 g/mol. The minimum absolute atomic E-state index is 0.130. The van der Waals surface area contributed by atoms with Crippen LogP contribution in [0.25, 0.3) is 0 Å². The van der Waals surface area contributed by atoms with E-state index in [1.807, 2.05) is 58.9 Å². The summed E-state index contributed by atoms with van der Waals surface area (Å²) in [6.45, 7) is 9.66. The largest absolute Gasteiger partial charge is 0.354 e.